The van der Waals surface area contributed by atoms with Gasteiger partial charge in [0.15, 0.2) is 0 Å². The Bertz CT molecular complexity index is 1470. The predicted molar refractivity (Wildman–Crippen MR) is 174 cm³/mol. The number of aliphatic carboxylic acids is 1. The molecule has 0 bridgehead atoms. The first-order valence-electron chi connectivity index (χ1n) is 16.0. The Balaban J connectivity index is 0.000000368. The second kappa shape index (κ2) is 22.6. The van der Waals surface area contributed by atoms with Gasteiger partial charge in [-0.15, -0.1) is 5.06 Å². The summed E-state index contributed by atoms with van der Waals surface area (Å²) in [5, 5.41) is 13.9. The summed E-state index contributed by atoms with van der Waals surface area (Å²) in [5.41, 5.74) is 1.53. The van der Waals surface area contributed by atoms with E-state index < -0.39 is 60.0 Å². The lowest BCUT2D eigenvalue weighted by Crippen LogP contribution is -2.45. The summed E-state index contributed by atoms with van der Waals surface area (Å²) in [5.74, 6) is -4.68. The molecule has 1 aliphatic rings. The fourth-order valence-electron chi connectivity index (χ4n) is 4.12. The van der Waals surface area contributed by atoms with Crippen molar-refractivity contribution in [2.45, 2.75) is 77.7 Å². The standard InChI is InChI=1S/C19H22N2O8.C15H19NO6/c1-2-27-17(24)11-8-14(18(25)29-21-15(22)9-10-16(21)23)20-19(26)28-12-13-6-4-3-5-7-13;1-2-21-13(17)9-8-12(14(18)19)16-15(20)22-10-11-6-4-3-5-7-11/h3-7,14H,2,8-12H2,1H3,(H,20,26);3-7,12H,2,8-10H2,1H3,(H,16,20)(H,18,19)/t14-;12-/m00/s1. The average molecular weight is 716 g/mol. The zero-order chi connectivity index (χ0) is 37.6. The van der Waals surface area contributed by atoms with Gasteiger partial charge in [-0.1, -0.05) is 60.7 Å². The Morgan fingerprint density at radius 1 is 0.667 bits per heavy atom. The molecule has 2 aromatic rings. The molecule has 276 valence electrons. The number of hydrogen-bond acceptors (Lipinski definition) is 13. The van der Waals surface area contributed by atoms with E-state index in [0.717, 1.165) is 11.1 Å². The highest BCUT2D eigenvalue weighted by Crippen LogP contribution is 2.14. The molecule has 1 fully saturated rings. The molecule has 2 aromatic carbocycles. The molecule has 1 heterocycles. The number of amides is 4. The van der Waals surface area contributed by atoms with Crippen molar-refractivity contribution in [1.29, 1.82) is 0 Å². The number of nitrogens with zero attached hydrogens (tertiary/aromatic N) is 1. The molecule has 2 atom stereocenters. The Kier molecular flexibility index (Phi) is 18.2. The Hall–Kier alpha value is -6.00. The molecule has 3 rings (SSSR count). The molecule has 0 saturated carbocycles. The van der Waals surface area contributed by atoms with Crippen LogP contribution in [0.2, 0.25) is 0 Å². The Morgan fingerprint density at radius 3 is 1.49 bits per heavy atom. The van der Waals surface area contributed by atoms with Gasteiger partial charge in [-0.3, -0.25) is 19.2 Å². The monoisotopic (exact) mass is 715 g/mol. The number of benzene rings is 2. The van der Waals surface area contributed by atoms with E-state index in [0.29, 0.717) is 5.06 Å². The summed E-state index contributed by atoms with van der Waals surface area (Å²) in [6.45, 7) is 3.69. The number of carboxylic acid groups (broad SMARTS) is 1. The molecular weight excluding hydrogens is 674 g/mol. The van der Waals surface area contributed by atoms with Gasteiger partial charge in [0, 0.05) is 25.7 Å². The molecule has 0 unspecified atom stereocenters. The number of esters is 2. The summed E-state index contributed by atoms with van der Waals surface area (Å²) >= 11 is 0. The third-order valence-corrected chi connectivity index (χ3v) is 6.66. The minimum Gasteiger partial charge on any atom is -0.480 e. The van der Waals surface area contributed by atoms with Crippen molar-refractivity contribution in [1.82, 2.24) is 15.7 Å². The van der Waals surface area contributed by atoms with Crippen LogP contribution in [0.1, 0.15) is 63.5 Å². The zero-order valence-corrected chi connectivity index (χ0v) is 28.2. The van der Waals surface area contributed by atoms with Crippen molar-refractivity contribution in [3.8, 4) is 0 Å². The molecule has 0 radical (unpaired) electrons. The normalized spacial score (nSPS) is 13.0. The minimum atomic E-state index is -1.32. The number of imide groups is 1. The molecule has 17 heteroatoms. The summed E-state index contributed by atoms with van der Waals surface area (Å²) in [4.78, 5) is 97.9. The maximum Gasteiger partial charge on any atom is 0.408 e. The maximum atomic E-state index is 12.4. The number of hydroxylamine groups is 2. The van der Waals surface area contributed by atoms with E-state index in [1.165, 1.54) is 0 Å². The van der Waals surface area contributed by atoms with Gasteiger partial charge in [-0.05, 0) is 37.8 Å². The fourth-order valence-corrected chi connectivity index (χ4v) is 4.12. The maximum absolute atomic E-state index is 12.4. The average Bonchev–Trinajstić information content (AvgIpc) is 3.43. The van der Waals surface area contributed by atoms with Crippen molar-refractivity contribution < 1.29 is 67.2 Å². The molecule has 0 aliphatic carbocycles. The molecule has 51 heavy (non-hydrogen) atoms. The largest absolute Gasteiger partial charge is 0.480 e. The third kappa shape index (κ3) is 16.3. The van der Waals surface area contributed by atoms with Crippen molar-refractivity contribution in [2.75, 3.05) is 13.2 Å². The third-order valence-electron chi connectivity index (χ3n) is 6.66. The minimum absolute atomic E-state index is 0.0323. The van der Waals surface area contributed by atoms with Gasteiger partial charge in [0.2, 0.25) is 0 Å². The van der Waals surface area contributed by atoms with E-state index in [4.69, 9.17) is 28.9 Å². The van der Waals surface area contributed by atoms with Crippen molar-refractivity contribution in [2.24, 2.45) is 0 Å². The van der Waals surface area contributed by atoms with E-state index >= 15 is 0 Å². The lowest BCUT2D eigenvalue weighted by atomic mass is 10.1. The number of carboxylic acids is 1. The van der Waals surface area contributed by atoms with Gasteiger partial charge in [0.25, 0.3) is 11.8 Å². The van der Waals surface area contributed by atoms with Gasteiger partial charge in [-0.2, -0.15) is 0 Å². The SMILES string of the molecule is CCOC(=O)CC[C@H](NC(=O)OCc1ccccc1)C(=O)O.CCOC(=O)CC[C@H](NC(=O)OCc1ccccc1)C(=O)ON1C(=O)CCC1=O. The number of alkyl carbamates (subject to hydrolysis) is 2. The van der Waals surface area contributed by atoms with Crippen LogP contribution in [0.3, 0.4) is 0 Å². The quantitative estimate of drug-likeness (QED) is 0.122. The second-order valence-electron chi connectivity index (χ2n) is 10.5. The summed E-state index contributed by atoms with van der Waals surface area (Å²) in [7, 11) is 0. The predicted octanol–water partition coefficient (Wildman–Crippen LogP) is 2.94. The molecule has 0 spiro atoms. The zero-order valence-electron chi connectivity index (χ0n) is 28.2. The van der Waals surface area contributed by atoms with Crippen molar-refractivity contribution in [3.63, 3.8) is 0 Å². The van der Waals surface area contributed by atoms with Crippen molar-refractivity contribution in [3.05, 3.63) is 71.8 Å². The number of ether oxygens (including phenoxy) is 4. The Morgan fingerprint density at radius 2 is 1.08 bits per heavy atom. The molecular formula is C34H41N3O14. The number of hydrogen-bond donors (Lipinski definition) is 3. The van der Waals surface area contributed by atoms with Crippen LogP contribution in [-0.4, -0.2) is 83.3 Å². The van der Waals surface area contributed by atoms with E-state index in [9.17, 15) is 38.4 Å². The molecule has 17 nitrogen and oxygen atoms in total. The van der Waals surface area contributed by atoms with Gasteiger partial charge >= 0.3 is 36.1 Å². The van der Waals surface area contributed by atoms with E-state index in [1.54, 1.807) is 62.4 Å². The first-order valence-corrected chi connectivity index (χ1v) is 16.0. The number of rotatable bonds is 17. The molecule has 3 N–H and O–H groups in total. The molecule has 1 saturated heterocycles. The van der Waals surface area contributed by atoms with Crippen LogP contribution in [0.25, 0.3) is 0 Å². The van der Waals surface area contributed by atoms with Crippen LogP contribution in [0.5, 0.6) is 0 Å². The van der Waals surface area contributed by atoms with Crippen LogP contribution in [-0.2, 0) is 65.8 Å². The fraction of sp³-hybridized carbons (Fsp3) is 0.412. The van der Waals surface area contributed by atoms with E-state index in [-0.39, 0.29) is 65.0 Å². The Labute approximate surface area is 293 Å². The summed E-state index contributed by atoms with van der Waals surface area (Å²) < 4.78 is 19.5. The number of carbonyl (C=O) groups is 8. The summed E-state index contributed by atoms with van der Waals surface area (Å²) in [6, 6.07) is 15.4. The highest BCUT2D eigenvalue weighted by Gasteiger charge is 2.35. The lowest BCUT2D eigenvalue weighted by Gasteiger charge is -2.19. The molecule has 1 aliphatic heterocycles. The van der Waals surface area contributed by atoms with Crippen LogP contribution in [0.4, 0.5) is 9.59 Å². The van der Waals surface area contributed by atoms with Crippen LogP contribution < -0.4 is 10.6 Å². The van der Waals surface area contributed by atoms with Gasteiger partial charge < -0.3 is 39.5 Å². The van der Waals surface area contributed by atoms with Crippen molar-refractivity contribution >= 4 is 47.9 Å². The number of nitrogens with one attached hydrogen (secondary N) is 2. The van der Waals surface area contributed by atoms with Gasteiger partial charge in [-0.25, -0.2) is 19.2 Å². The van der Waals surface area contributed by atoms with E-state index in [2.05, 4.69) is 10.6 Å². The molecule has 0 aromatic heterocycles. The highest BCUT2D eigenvalue weighted by molar-refractivity contribution is 6.02. The van der Waals surface area contributed by atoms with Gasteiger partial charge in [0.1, 0.15) is 25.3 Å². The topological polar surface area (TPSA) is 230 Å². The number of carbonyl (C=O) groups excluding carboxylic acids is 7. The molecule has 4 amide bonds. The first kappa shape index (κ1) is 41.2. The first-order chi connectivity index (χ1) is 24.4. The van der Waals surface area contributed by atoms with E-state index in [1.807, 2.05) is 12.1 Å². The second-order valence-corrected chi connectivity index (χ2v) is 10.5. The van der Waals surface area contributed by atoms with Gasteiger partial charge in [0.05, 0.1) is 13.2 Å². The highest BCUT2D eigenvalue weighted by atomic mass is 16.7. The lowest BCUT2D eigenvalue weighted by molar-refractivity contribution is -0.199. The smallest absolute Gasteiger partial charge is 0.408 e. The van der Waals surface area contributed by atoms with Crippen LogP contribution >= 0.6 is 0 Å². The van der Waals surface area contributed by atoms with Crippen LogP contribution in [0, 0.1) is 0 Å². The summed E-state index contributed by atoms with van der Waals surface area (Å²) in [6.07, 6.45) is -2.39. The van der Waals surface area contributed by atoms with Crippen LogP contribution in [0.15, 0.2) is 60.7 Å².